The van der Waals surface area contributed by atoms with Crippen molar-refractivity contribution in [3.63, 3.8) is 0 Å². The van der Waals surface area contributed by atoms with Crippen molar-refractivity contribution in [2.24, 2.45) is 5.92 Å². The largest absolute Gasteiger partial charge is 0.360 e. The molecule has 0 unspecified atom stereocenters. The van der Waals surface area contributed by atoms with E-state index < -0.39 is 5.82 Å². The van der Waals surface area contributed by atoms with Crippen LogP contribution in [0.4, 0.5) is 4.39 Å². The van der Waals surface area contributed by atoms with Gasteiger partial charge in [-0.1, -0.05) is 47.1 Å². The minimum atomic E-state index is -0.509. The number of carbonyl (C=O) groups excluding carboxylic acids is 2. The number of aromatic nitrogens is 1. The van der Waals surface area contributed by atoms with Gasteiger partial charge in [-0.25, -0.2) is 4.39 Å². The van der Waals surface area contributed by atoms with E-state index in [4.69, 9.17) is 16.1 Å². The highest BCUT2D eigenvalue weighted by Gasteiger charge is 2.27. The molecule has 1 fully saturated rings. The number of nitrogens with one attached hydrogen (secondary N) is 1. The highest BCUT2D eigenvalue weighted by Crippen LogP contribution is 2.31. The van der Waals surface area contributed by atoms with E-state index in [0.29, 0.717) is 47.2 Å². The Kier molecular flexibility index (Phi) is 6.55. The van der Waals surface area contributed by atoms with E-state index in [1.807, 2.05) is 12.1 Å². The Balaban J connectivity index is 1.36. The number of carbonyl (C=O) groups is 2. The molecule has 4 rings (SSSR count). The van der Waals surface area contributed by atoms with Gasteiger partial charge in [0.15, 0.2) is 0 Å². The second-order valence-corrected chi connectivity index (χ2v) is 8.27. The summed E-state index contributed by atoms with van der Waals surface area (Å²) >= 11 is 6.27. The van der Waals surface area contributed by atoms with Gasteiger partial charge in [0.05, 0.1) is 10.6 Å². The van der Waals surface area contributed by atoms with Gasteiger partial charge in [0.25, 0.3) is 11.8 Å². The molecule has 0 atom stereocenters. The maximum atomic E-state index is 13.9. The van der Waals surface area contributed by atoms with Gasteiger partial charge in [-0.15, -0.1) is 0 Å². The van der Waals surface area contributed by atoms with E-state index in [0.717, 1.165) is 12.8 Å². The van der Waals surface area contributed by atoms with Gasteiger partial charge < -0.3 is 14.7 Å². The average molecular weight is 456 g/mol. The van der Waals surface area contributed by atoms with Gasteiger partial charge in [-0.3, -0.25) is 9.59 Å². The maximum Gasteiger partial charge on any atom is 0.257 e. The van der Waals surface area contributed by atoms with Gasteiger partial charge in [0.2, 0.25) is 0 Å². The fraction of sp³-hybridized carbons (Fsp3) is 0.292. The minimum absolute atomic E-state index is 0.0919. The highest BCUT2D eigenvalue weighted by atomic mass is 35.5. The first kappa shape index (κ1) is 22.0. The van der Waals surface area contributed by atoms with Crippen molar-refractivity contribution in [1.82, 2.24) is 15.4 Å². The summed E-state index contributed by atoms with van der Waals surface area (Å²) in [5.41, 5.74) is 1.51. The normalized spacial score (nSPS) is 14.4. The predicted molar refractivity (Wildman–Crippen MR) is 119 cm³/mol. The molecule has 1 aliphatic heterocycles. The van der Waals surface area contributed by atoms with Crippen LogP contribution in [0, 0.1) is 18.7 Å². The molecule has 2 aromatic carbocycles. The van der Waals surface area contributed by atoms with Gasteiger partial charge >= 0.3 is 0 Å². The van der Waals surface area contributed by atoms with Crippen LogP contribution in [0.25, 0.3) is 11.3 Å². The summed E-state index contributed by atoms with van der Waals surface area (Å²) < 4.78 is 19.2. The molecule has 6 nitrogen and oxygen atoms in total. The molecule has 8 heteroatoms. The van der Waals surface area contributed by atoms with E-state index >= 15 is 0 Å². The van der Waals surface area contributed by atoms with E-state index in [2.05, 4.69) is 10.5 Å². The third-order valence-corrected chi connectivity index (χ3v) is 6.11. The Bertz CT molecular complexity index is 1140. The van der Waals surface area contributed by atoms with Crippen molar-refractivity contribution >= 4 is 23.4 Å². The number of hydrogen-bond acceptors (Lipinski definition) is 4. The van der Waals surface area contributed by atoms with Crippen LogP contribution in [-0.2, 0) is 0 Å². The highest BCUT2D eigenvalue weighted by molar-refractivity contribution is 6.33. The van der Waals surface area contributed by atoms with Gasteiger partial charge in [-0.2, -0.15) is 0 Å². The van der Waals surface area contributed by atoms with Gasteiger partial charge in [0, 0.05) is 25.2 Å². The number of aryl methyl sites for hydroxylation is 1. The first-order valence-electron chi connectivity index (χ1n) is 10.5. The monoisotopic (exact) mass is 455 g/mol. The third kappa shape index (κ3) is 4.53. The Morgan fingerprint density at radius 3 is 2.56 bits per heavy atom. The standard InChI is InChI=1S/C24H23ClFN3O3/c1-15-21(22(28-32-15)17-6-2-4-8-19(17)25)23(30)27-14-16-10-12-29(13-11-16)24(31)18-7-3-5-9-20(18)26/h2-9,16H,10-14H2,1H3,(H,27,30). The summed E-state index contributed by atoms with van der Waals surface area (Å²) in [5, 5.41) is 7.49. The zero-order chi connectivity index (χ0) is 22.7. The summed E-state index contributed by atoms with van der Waals surface area (Å²) in [5.74, 6) is -0.445. The van der Waals surface area contributed by atoms with Gasteiger partial charge in [0.1, 0.15) is 22.8 Å². The summed E-state index contributed by atoms with van der Waals surface area (Å²) in [6, 6.07) is 13.2. The molecule has 32 heavy (non-hydrogen) atoms. The minimum Gasteiger partial charge on any atom is -0.360 e. The SMILES string of the molecule is Cc1onc(-c2ccccc2Cl)c1C(=O)NCC1CCN(C(=O)c2ccccc2F)CC1. The second kappa shape index (κ2) is 9.53. The molecule has 0 spiro atoms. The molecule has 1 N–H and O–H groups in total. The van der Waals surface area contributed by atoms with Crippen LogP contribution in [0.15, 0.2) is 53.1 Å². The van der Waals surface area contributed by atoms with Crippen LogP contribution >= 0.6 is 11.6 Å². The van der Waals surface area contributed by atoms with Crippen LogP contribution in [0.5, 0.6) is 0 Å². The van der Waals surface area contributed by atoms with E-state index in [9.17, 15) is 14.0 Å². The number of benzene rings is 2. The van der Waals surface area contributed by atoms with Crippen LogP contribution in [0.3, 0.4) is 0 Å². The number of piperidine rings is 1. The fourth-order valence-electron chi connectivity index (χ4n) is 3.95. The van der Waals surface area contributed by atoms with Crippen molar-refractivity contribution in [3.05, 3.63) is 76.3 Å². The zero-order valence-electron chi connectivity index (χ0n) is 17.6. The molecule has 3 aromatic rings. The lowest BCUT2D eigenvalue weighted by Gasteiger charge is -2.32. The van der Waals surface area contributed by atoms with Gasteiger partial charge in [-0.05, 0) is 43.9 Å². The average Bonchev–Trinajstić information content (AvgIpc) is 3.19. The molecule has 1 aromatic heterocycles. The molecule has 0 aliphatic carbocycles. The Hall–Kier alpha value is -3.19. The van der Waals surface area contributed by atoms with Crippen LogP contribution < -0.4 is 5.32 Å². The van der Waals surface area contributed by atoms with Crippen LogP contribution in [0.1, 0.15) is 39.3 Å². The van der Waals surface area contributed by atoms with E-state index in [1.165, 1.54) is 12.1 Å². The molecular formula is C24H23ClFN3O3. The number of hydrogen-bond donors (Lipinski definition) is 1. The number of nitrogens with zero attached hydrogens (tertiary/aromatic N) is 2. The molecule has 2 heterocycles. The van der Waals surface area contributed by atoms with Crippen molar-refractivity contribution < 1.29 is 18.5 Å². The smallest absolute Gasteiger partial charge is 0.257 e. The molecule has 1 saturated heterocycles. The molecule has 1 aliphatic rings. The Labute approximate surface area is 190 Å². The van der Waals surface area contributed by atoms with Crippen molar-refractivity contribution in [2.75, 3.05) is 19.6 Å². The number of amides is 2. The first-order valence-corrected chi connectivity index (χ1v) is 10.9. The zero-order valence-corrected chi connectivity index (χ0v) is 18.4. The van der Waals surface area contributed by atoms with Crippen molar-refractivity contribution in [3.8, 4) is 11.3 Å². The topological polar surface area (TPSA) is 75.4 Å². The molecule has 0 saturated carbocycles. The fourth-order valence-corrected chi connectivity index (χ4v) is 4.17. The lowest BCUT2D eigenvalue weighted by molar-refractivity contribution is 0.0679. The molecule has 166 valence electrons. The molecule has 2 amide bonds. The molecule has 0 radical (unpaired) electrons. The predicted octanol–water partition coefficient (Wildman–Crippen LogP) is 4.72. The molecular weight excluding hydrogens is 433 g/mol. The van der Waals surface area contributed by atoms with Crippen molar-refractivity contribution in [2.45, 2.75) is 19.8 Å². The number of halogens is 2. The maximum absolute atomic E-state index is 13.9. The summed E-state index contributed by atoms with van der Waals surface area (Å²) in [6.07, 6.45) is 1.45. The summed E-state index contributed by atoms with van der Waals surface area (Å²) in [6.45, 7) is 3.19. The first-order chi connectivity index (χ1) is 15.5. The Morgan fingerprint density at radius 1 is 1.16 bits per heavy atom. The number of rotatable bonds is 5. The summed E-state index contributed by atoms with van der Waals surface area (Å²) in [7, 11) is 0. The summed E-state index contributed by atoms with van der Waals surface area (Å²) in [4.78, 5) is 27.1. The third-order valence-electron chi connectivity index (χ3n) is 5.78. The lowest BCUT2D eigenvalue weighted by atomic mass is 9.96. The molecule has 0 bridgehead atoms. The van der Waals surface area contributed by atoms with Crippen molar-refractivity contribution in [1.29, 1.82) is 0 Å². The van der Waals surface area contributed by atoms with E-state index in [-0.39, 0.29) is 23.3 Å². The lowest BCUT2D eigenvalue weighted by Crippen LogP contribution is -2.41. The Morgan fingerprint density at radius 2 is 1.84 bits per heavy atom. The van der Waals surface area contributed by atoms with Crippen LogP contribution in [0.2, 0.25) is 5.02 Å². The number of likely N-dealkylation sites (tertiary alicyclic amines) is 1. The quantitative estimate of drug-likeness (QED) is 0.603. The van der Waals surface area contributed by atoms with Crippen LogP contribution in [-0.4, -0.2) is 41.5 Å². The van der Waals surface area contributed by atoms with E-state index in [1.54, 1.807) is 36.1 Å². The second-order valence-electron chi connectivity index (χ2n) is 7.87.